The van der Waals surface area contributed by atoms with Gasteiger partial charge in [0.15, 0.2) is 0 Å². The van der Waals surface area contributed by atoms with Crippen molar-refractivity contribution >= 4 is 6.03 Å². The highest BCUT2D eigenvalue weighted by molar-refractivity contribution is 5.76. The number of carbonyl (C=O) groups excluding carboxylic acids is 1. The molecule has 1 heterocycles. The first-order valence-electron chi connectivity index (χ1n) is 11.4. The average Bonchev–Trinajstić information content (AvgIpc) is 3.36. The molecule has 0 aromatic heterocycles. The number of nitrogens with zero attached hydrogens (tertiary/aromatic N) is 2. The Morgan fingerprint density at radius 2 is 1.84 bits per heavy atom. The summed E-state index contributed by atoms with van der Waals surface area (Å²) >= 11 is 0. The number of rotatable bonds is 10. The molecule has 31 heavy (non-hydrogen) atoms. The predicted molar refractivity (Wildman–Crippen MR) is 122 cm³/mol. The maximum atomic E-state index is 13.4. The fraction of sp³-hybridized carbons (Fsp3) is 0.480. The maximum absolute atomic E-state index is 13.4. The van der Waals surface area contributed by atoms with E-state index in [9.17, 15) is 9.18 Å². The maximum Gasteiger partial charge on any atom is 0.317 e. The molecule has 166 valence electrons. The van der Waals surface area contributed by atoms with Crippen LogP contribution in [0.5, 0.6) is 0 Å². The number of benzene rings is 2. The lowest BCUT2D eigenvalue weighted by Crippen LogP contribution is -2.39. The lowest BCUT2D eigenvalue weighted by Gasteiger charge is -2.25. The first-order chi connectivity index (χ1) is 15.2. The molecule has 0 saturated carbocycles. The fourth-order valence-electron chi connectivity index (χ4n) is 5.09. The van der Waals surface area contributed by atoms with E-state index in [0.717, 1.165) is 58.5 Å². The molecule has 0 unspecified atom stereocenters. The van der Waals surface area contributed by atoms with Crippen molar-refractivity contribution in [3.63, 3.8) is 0 Å². The normalized spacial score (nSPS) is 20.4. The van der Waals surface area contributed by atoms with Crippen molar-refractivity contribution < 1.29 is 9.18 Å². The third kappa shape index (κ3) is 5.25. The van der Waals surface area contributed by atoms with Crippen molar-refractivity contribution in [3.8, 4) is 0 Å². The van der Waals surface area contributed by atoms with Gasteiger partial charge in [-0.05, 0) is 60.5 Å². The molecular weight excluding hydrogens is 391 g/mol. The smallest absolute Gasteiger partial charge is 0.317 e. The first kappa shape index (κ1) is 21.8. The van der Waals surface area contributed by atoms with Gasteiger partial charge in [0.1, 0.15) is 5.82 Å². The van der Waals surface area contributed by atoms with Crippen LogP contribution < -0.4 is 11.1 Å². The summed E-state index contributed by atoms with van der Waals surface area (Å²) in [7, 11) is 0. The highest BCUT2D eigenvalue weighted by Crippen LogP contribution is 2.46. The van der Waals surface area contributed by atoms with Crippen molar-refractivity contribution in [2.24, 2.45) is 5.73 Å². The largest absolute Gasteiger partial charge is 0.336 e. The predicted octanol–water partition coefficient (Wildman–Crippen LogP) is 3.51. The summed E-state index contributed by atoms with van der Waals surface area (Å²) in [6.07, 6.45) is 3.30. The number of urea groups is 1. The van der Waals surface area contributed by atoms with E-state index in [1.54, 1.807) is 12.1 Å². The fourth-order valence-corrected chi connectivity index (χ4v) is 5.09. The Bertz CT molecular complexity index is 872. The van der Waals surface area contributed by atoms with E-state index >= 15 is 0 Å². The summed E-state index contributed by atoms with van der Waals surface area (Å²) in [5.41, 5.74) is 9.86. The second-order valence-electron chi connectivity index (χ2n) is 8.66. The van der Waals surface area contributed by atoms with Gasteiger partial charge in [-0.2, -0.15) is 0 Å². The van der Waals surface area contributed by atoms with E-state index in [1.807, 2.05) is 17.0 Å². The second-order valence-corrected chi connectivity index (χ2v) is 8.66. The molecular formula is C25H33FN4O. The van der Waals surface area contributed by atoms with E-state index in [1.165, 1.54) is 16.7 Å². The van der Waals surface area contributed by atoms with Crippen LogP contribution in [0.1, 0.15) is 47.8 Å². The summed E-state index contributed by atoms with van der Waals surface area (Å²) in [6.45, 7) is 5.63. The molecule has 0 bridgehead atoms. The minimum Gasteiger partial charge on any atom is -0.336 e. The Kier molecular flexibility index (Phi) is 7.20. The molecule has 1 aliphatic carbocycles. The molecule has 2 aromatic rings. The Balaban J connectivity index is 1.34. The van der Waals surface area contributed by atoms with Crippen LogP contribution >= 0.6 is 0 Å². The molecule has 1 saturated heterocycles. The van der Waals surface area contributed by atoms with Crippen molar-refractivity contribution in [1.29, 1.82) is 0 Å². The van der Waals surface area contributed by atoms with Gasteiger partial charge in [0.2, 0.25) is 0 Å². The van der Waals surface area contributed by atoms with Crippen molar-refractivity contribution in [1.82, 2.24) is 15.1 Å². The zero-order valence-electron chi connectivity index (χ0n) is 18.1. The summed E-state index contributed by atoms with van der Waals surface area (Å²) in [6, 6.07) is 15.7. The highest BCUT2D eigenvalue weighted by Gasteiger charge is 2.31. The van der Waals surface area contributed by atoms with Gasteiger partial charge >= 0.3 is 6.03 Å². The molecule has 1 aliphatic heterocycles. The van der Waals surface area contributed by atoms with E-state index < -0.39 is 0 Å². The average molecular weight is 425 g/mol. The van der Waals surface area contributed by atoms with Gasteiger partial charge in [-0.1, -0.05) is 36.4 Å². The van der Waals surface area contributed by atoms with Crippen LogP contribution in [0, 0.1) is 5.82 Å². The van der Waals surface area contributed by atoms with Crippen molar-refractivity contribution in [2.75, 3.05) is 45.8 Å². The molecule has 2 atom stereocenters. The Labute approximate surface area is 184 Å². The van der Waals surface area contributed by atoms with Gasteiger partial charge in [-0.25, -0.2) is 9.18 Å². The van der Waals surface area contributed by atoms with Gasteiger partial charge < -0.3 is 20.9 Å². The molecule has 0 radical (unpaired) electrons. The van der Waals surface area contributed by atoms with Crippen molar-refractivity contribution in [2.45, 2.75) is 31.1 Å². The molecule has 6 heteroatoms. The molecule has 0 spiro atoms. The topological polar surface area (TPSA) is 61.6 Å². The van der Waals surface area contributed by atoms with Gasteiger partial charge in [0.05, 0.1) is 0 Å². The minimum atomic E-state index is -0.182. The lowest BCUT2D eigenvalue weighted by molar-refractivity contribution is 0.200. The van der Waals surface area contributed by atoms with Gasteiger partial charge in [-0.3, -0.25) is 0 Å². The summed E-state index contributed by atoms with van der Waals surface area (Å²) in [5.74, 6) is 0.684. The molecule has 2 amide bonds. The lowest BCUT2D eigenvalue weighted by atomic mass is 9.92. The molecule has 1 fully saturated rings. The van der Waals surface area contributed by atoms with Crippen molar-refractivity contribution in [3.05, 3.63) is 71.0 Å². The number of carbonyl (C=O) groups is 1. The number of hydrogen-bond donors (Lipinski definition) is 2. The summed E-state index contributed by atoms with van der Waals surface area (Å²) in [5, 5.41) is 2.86. The van der Waals surface area contributed by atoms with Crippen LogP contribution in [0.2, 0.25) is 0 Å². The van der Waals surface area contributed by atoms with E-state index in [-0.39, 0.29) is 11.8 Å². The molecule has 2 aromatic carbocycles. The van der Waals surface area contributed by atoms with Crippen LogP contribution in [0.15, 0.2) is 48.5 Å². The van der Waals surface area contributed by atoms with E-state index in [0.29, 0.717) is 18.4 Å². The zero-order valence-corrected chi connectivity index (χ0v) is 18.1. The van der Waals surface area contributed by atoms with E-state index in [4.69, 9.17) is 5.73 Å². The molecule has 2 aliphatic rings. The number of fused-ring (bicyclic) bond motifs is 1. The molecule has 3 N–H and O–H groups in total. The number of amides is 2. The van der Waals surface area contributed by atoms with Gasteiger partial charge in [0, 0.05) is 45.2 Å². The van der Waals surface area contributed by atoms with Crippen LogP contribution in [-0.4, -0.2) is 61.6 Å². The quantitative estimate of drug-likeness (QED) is 0.614. The Morgan fingerprint density at radius 3 is 2.55 bits per heavy atom. The number of nitrogens with one attached hydrogen (secondary N) is 1. The Hall–Kier alpha value is -2.44. The molecule has 5 nitrogen and oxygen atoms in total. The van der Waals surface area contributed by atoms with Gasteiger partial charge in [-0.15, -0.1) is 0 Å². The van der Waals surface area contributed by atoms with E-state index in [2.05, 4.69) is 34.5 Å². The molecule has 4 rings (SSSR count). The van der Waals surface area contributed by atoms with Gasteiger partial charge in [0.25, 0.3) is 0 Å². The monoisotopic (exact) mass is 424 g/mol. The minimum absolute atomic E-state index is 0.0436. The standard InChI is InChI=1S/C25H33FN4O/c26-21-9-7-19(8-10-21)24-18-20(22-5-1-2-6-23(22)24)4-3-13-29(14-11-27)16-17-30-15-12-28-25(30)31/h1-2,5-10,20,24H,3-4,11-18,27H2,(H,28,31)/t20-,24+/m1/s1. The Morgan fingerprint density at radius 1 is 1.06 bits per heavy atom. The van der Waals surface area contributed by atoms with Crippen LogP contribution in [0.4, 0.5) is 9.18 Å². The SMILES string of the molecule is NCCN(CCC[C@@H]1C[C@@H](c2ccc(F)cc2)c2ccccc21)CCN1CCNC1=O. The number of nitrogens with two attached hydrogens (primary N) is 1. The van der Waals surface area contributed by atoms with Crippen LogP contribution in [0.25, 0.3) is 0 Å². The zero-order chi connectivity index (χ0) is 21.6. The van der Waals surface area contributed by atoms with Crippen LogP contribution in [0.3, 0.4) is 0 Å². The third-order valence-electron chi connectivity index (χ3n) is 6.71. The van der Waals surface area contributed by atoms with Crippen LogP contribution in [-0.2, 0) is 0 Å². The highest BCUT2D eigenvalue weighted by atomic mass is 19.1. The third-order valence-corrected chi connectivity index (χ3v) is 6.71. The first-order valence-corrected chi connectivity index (χ1v) is 11.4. The second kappa shape index (κ2) is 10.2. The number of halogens is 1. The summed E-state index contributed by atoms with van der Waals surface area (Å²) in [4.78, 5) is 16.0. The number of hydrogen-bond acceptors (Lipinski definition) is 3. The summed E-state index contributed by atoms with van der Waals surface area (Å²) < 4.78 is 13.4.